The minimum Gasteiger partial charge on any atom is -0.271 e. The van der Waals surface area contributed by atoms with Gasteiger partial charge in [-0.15, -0.1) is 0 Å². The van der Waals surface area contributed by atoms with Crippen molar-refractivity contribution >= 4 is 11.8 Å². The molecule has 3 N–H and O–H groups in total. The predicted octanol–water partition coefficient (Wildman–Crippen LogP) is 2.90. The maximum atomic E-state index is 5.61. The molecule has 0 spiro atoms. The Kier molecular flexibility index (Phi) is 6.53. The number of hydrazine groups is 1. The maximum Gasteiger partial charge on any atom is 0.0467 e. The second-order valence-electron chi connectivity index (χ2n) is 4.00. The highest BCUT2D eigenvalue weighted by atomic mass is 32.2. The lowest BCUT2D eigenvalue weighted by Crippen LogP contribution is -2.28. The van der Waals surface area contributed by atoms with Gasteiger partial charge in [-0.3, -0.25) is 11.3 Å². The van der Waals surface area contributed by atoms with Gasteiger partial charge < -0.3 is 0 Å². The molecule has 1 rings (SSSR count). The van der Waals surface area contributed by atoms with Gasteiger partial charge in [-0.2, -0.15) is 11.8 Å². The molecule has 0 fully saturated rings. The Hall–Kier alpha value is -0.510. The van der Waals surface area contributed by atoms with Crippen molar-refractivity contribution < 1.29 is 0 Å². The summed E-state index contributed by atoms with van der Waals surface area (Å²) in [6, 6.07) is 9.03. The van der Waals surface area contributed by atoms with Crippen molar-refractivity contribution in [3.63, 3.8) is 0 Å². The van der Waals surface area contributed by atoms with Crippen LogP contribution in [0.4, 0.5) is 0 Å². The highest BCUT2D eigenvalue weighted by Crippen LogP contribution is 2.19. The van der Waals surface area contributed by atoms with Crippen LogP contribution in [0.2, 0.25) is 0 Å². The van der Waals surface area contributed by atoms with E-state index >= 15 is 0 Å². The normalized spacial score (nSPS) is 12.7. The number of hydrogen-bond acceptors (Lipinski definition) is 3. The molecular weight excluding hydrogens is 216 g/mol. The maximum absolute atomic E-state index is 5.61. The van der Waals surface area contributed by atoms with E-state index in [4.69, 9.17) is 5.84 Å². The molecule has 1 aromatic carbocycles. The standard InChI is InChI=1S/C13H22N2S/c1-3-5-11-6-4-7-12(10-11)13(15-14)8-9-16-2/h4,6-7,10,13,15H,3,5,8-9,14H2,1-2H3. The molecule has 0 aliphatic heterocycles. The van der Waals surface area contributed by atoms with Crippen LogP contribution in [0, 0.1) is 0 Å². The highest BCUT2D eigenvalue weighted by Gasteiger charge is 2.09. The second-order valence-corrected chi connectivity index (χ2v) is 4.98. The smallest absolute Gasteiger partial charge is 0.0467 e. The molecule has 0 heterocycles. The molecule has 0 aliphatic rings. The number of benzene rings is 1. The molecule has 0 bridgehead atoms. The van der Waals surface area contributed by atoms with E-state index in [0.29, 0.717) is 0 Å². The van der Waals surface area contributed by atoms with Crippen LogP contribution >= 0.6 is 11.8 Å². The summed E-state index contributed by atoms with van der Waals surface area (Å²) in [5.74, 6) is 6.74. The quantitative estimate of drug-likeness (QED) is 0.566. The summed E-state index contributed by atoms with van der Waals surface area (Å²) in [6.07, 6.45) is 5.54. The monoisotopic (exact) mass is 238 g/mol. The van der Waals surface area contributed by atoms with Crippen LogP contribution < -0.4 is 11.3 Å². The van der Waals surface area contributed by atoms with E-state index in [0.717, 1.165) is 18.6 Å². The molecule has 0 saturated heterocycles. The molecule has 16 heavy (non-hydrogen) atoms. The fourth-order valence-corrected chi connectivity index (χ4v) is 2.31. The van der Waals surface area contributed by atoms with E-state index in [1.807, 2.05) is 11.8 Å². The zero-order valence-corrected chi connectivity index (χ0v) is 11.0. The average molecular weight is 238 g/mol. The Bertz CT molecular complexity index is 302. The molecule has 0 aromatic heterocycles. The molecule has 1 atom stereocenters. The summed E-state index contributed by atoms with van der Waals surface area (Å²) >= 11 is 1.86. The van der Waals surface area contributed by atoms with Crippen molar-refractivity contribution in [3.8, 4) is 0 Å². The van der Waals surface area contributed by atoms with Gasteiger partial charge in [0.25, 0.3) is 0 Å². The summed E-state index contributed by atoms with van der Waals surface area (Å²) in [6.45, 7) is 2.21. The van der Waals surface area contributed by atoms with Crippen LogP contribution in [0.25, 0.3) is 0 Å². The lowest BCUT2D eigenvalue weighted by Gasteiger charge is -2.16. The van der Waals surface area contributed by atoms with Crippen LogP contribution in [0.15, 0.2) is 24.3 Å². The predicted molar refractivity (Wildman–Crippen MR) is 73.5 cm³/mol. The molecule has 2 nitrogen and oxygen atoms in total. The van der Waals surface area contributed by atoms with Crippen LogP contribution in [-0.2, 0) is 6.42 Å². The third-order valence-corrected chi connectivity index (χ3v) is 3.35. The number of rotatable bonds is 7. The van der Waals surface area contributed by atoms with Crippen LogP contribution in [-0.4, -0.2) is 12.0 Å². The number of aryl methyl sites for hydroxylation is 1. The molecular formula is C13H22N2S. The van der Waals surface area contributed by atoms with Gasteiger partial charge in [0, 0.05) is 6.04 Å². The topological polar surface area (TPSA) is 38.0 Å². The van der Waals surface area contributed by atoms with Gasteiger partial charge >= 0.3 is 0 Å². The van der Waals surface area contributed by atoms with E-state index in [9.17, 15) is 0 Å². The first-order chi connectivity index (χ1) is 7.81. The summed E-state index contributed by atoms with van der Waals surface area (Å²) in [7, 11) is 0. The van der Waals surface area contributed by atoms with Crippen molar-refractivity contribution in [2.24, 2.45) is 5.84 Å². The summed E-state index contributed by atoms with van der Waals surface area (Å²) in [4.78, 5) is 0. The van der Waals surface area contributed by atoms with Crippen LogP contribution in [0.3, 0.4) is 0 Å². The van der Waals surface area contributed by atoms with Gasteiger partial charge in [-0.25, -0.2) is 0 Å². The van der Waals surface area contributed by atoms with Gasteiger partial charge in [0.1, 0.15) is 0 Å². The van der Waals surface area contributed by atoms with Crippen LogP contribution in [0.5, 0.6) is 0 Å². The second kappa shape index (κ2) is 7.71. The van der Waals surface area contributed by atoms with Crippen molar-refractivity contribution in [2.45, 2.75) is 32.2 Å². The average Bonchev–Trinajstić information content (AvgIpc) is 2.31. The number of nitrogens with two attached hydrogens (primary N) is 1. The van der Waals surface area contributed by atoms with Crippen molar-refractivity contribution in [3.05, 3.63) is 35.4 Å². The molecule has 1 aromatic rings. The van der Waals surface area contributed by atoms with E-state index < -0.39 is 0 Å². The third kappa shape index (κ3) is 4.16. The summed E-state index contributed by atoms with van der Waals surface area (Å²) in [5, 5.41) is 0. The molecule has 0 aliphatic carbocycles. The SMILES string of the molecule is CCCc1cccc(C(CCSC)NN)c1. The van der Waals surface area contributed by atoms with Gasteiger partial charge in [0.05, 0.1) is 0 Å². The van der Waals surface area contributed by atoms with Crippen LogP contribution in [0.1, 0.15) is 36.9 Å². The molecule has 3 heteroatoms. The zero-order valence-electron chi connectivity index (χ0n) is 10.2. The first-order valence-corrected chi connectivity index (χ1v) is 7.25. The van der Waals surface area contributed by atoms with E-state index in [2.05, 4.69) is 42.9 Å². The molecule has 0 saturated carbocycles. The largest absolute Gasteiger partial charge is 0.271 e. The summed E-state index contributed by atoms with van der Waals surface area (Å²) in [5.41, 5.74) is 5.62. The van der Waals surface area contributed by atoms with Crippen molar-refractivity contribution in [2.75, 3.05) is 12.0 Å². The van der Waals surface area contributed by atoms with Gasteiger partial charge in [-0.1, -0.05) is 37.6 Å². The Morgan fingerprint density at radius 2 is 2.25 bits per heavy atom. The fourth-order valence-electron chi connectivity index (χ4n) is 1.84. The fraction of sp³-hybridized carbons (Fsp3) is 0.538. The summed E-state index contributed by atoms with van der Waals surface area (Å²) < 4.78 is 0. The molecule has 1 unspecified atom stereocenters. The van der Waals surface area contributed by atoms with E-state index in [-0.39, 0.29) is 6.04 Å². The minimum absolute atomic E-state index is 0.282. The minimum atomic E-state index is 0.282. The highest BCUT2D eigenvalue weighted by molar-refractivity contribution is 7.98. The number of hydrogen-bond donors (Lipinski definition) is 2. The van der Waals surface area contributed by atoms with Crippen molar-refractivity contribution in [1.82, 2.24) is 5.43 Å². The van der Waals surface area contributed by atoms with Gasteiger partial charge in [0.2, 0.25) is 0 Å². The Balaban J connectivity index is 2.71. The lowest BCUT2D eigenvalue weighted by atomic mass is 10.0. The van der Waals surface area contributed by atoms with Crippen molar-refractivity contribution in [1.29, 1.82) is 0 Å². The Morgan fingerprint density at radius 1 is 1.44 bits per heavy atom. The Labute approximate surface area is 103 Å². The molecule has 90 valence electrons. The number of thioether (sulfide) groups is 1. The van der Waals surface area contributed by atoms with E-state index in [1.54, 1.807) is 0 Å². The molecule has 0 amide bonds. The van der Waals surface area contributed by atoms with Gasteiger partial charge in [0.15, 0.2) is 0 Å². The molecule has 0 radical (unpaired) electrons. The lowest BCUT2D eigenvalue weighted by molar-refractivity contribution is 0.542. The number of nitrogens with one attached hydrogen (secondary N) is 1. The zero-order chi connectivity index (χ0) is 11.8. The van der Waals surface area contributed by atoms with Gasteiger partial charge in [-0.05, 0) is 36.0 Å². The first-order valence-electron chi connectivity index (χ1n) is 5.85. The van der Waals surface area contributed by atoms with E-state index in [1.165, 1.54) is 17.5 Å². The first kappa shape index (κ1) is 13.6. The third-order valence-electron chi connectivity index (χ3n) is 2.70. The Morgan fingerprint density at radius 3 is 2.88 bits per heavy atom.